The minimum Gasteiger partial charge on any atom is -0.412 e. The van der Waals surface area contributed by atoms with Gasteiger partial charge in [-0.1, -0.05) is 30.3 Å². The van der Waals surface area contributed by atoms with Crippen LogP contribution in [0.25, 0.3) is 0 Å². The first kappa shape index (κ1) is 18.0. The Balaban J connectivity index is 1.54. The van der Waals surface area contributed by atoms with E-state index in [1.54, 1.807) is 4.90 Å². The predicted molar refractivity (Wildman–Crippen MR) is 95.9 cm³/mol. The molecule has 2 heterocycles. The van der Waals surface area contributed by atoms with Crippen molar-refractivity contribution in [2.45, 2.75) is 39.2 Å². The van der Waals surface area contributed by atoms with E-state index in [2.05, 4.69) is 17.4 Å². The van der Waals surface area contributed by atoms with Crippen LogP contribution >= 0.6 is 0 Å². The smallest absolute Gasteiger partial charge is 0.412 e. The van der Waals surface area contributed by atoms with Crippen molar-refractivity contribution >= 4 is 11.9 Å². The summed E-state index contributed by atoms with van der Waals surface area (Å²) in [4.78, 5) is 37.6. The summed E-state index contributed by atoms with van der Waals surface area (Å²) in [6, 6.07) is 9.67. The molecule has 7 nitrogen and oxygen atoms in total. The summed E-state index contributed by atoms with van der Waals surface area (Å²) in [6.07, 6.45) is 3.16. The number of benzene rings is 1. The first-order chi connectivity index (χ1) is 12.6. The molecule has 1 aromatic heterocycles. The van der Waals surface area contributed by atoms with Crippen LogP contribution in [0.1, 0.15) is 36.8 Å². The molecule has 1 aliphatic heterocycles. The minimum atomic E-state index is -0.692. The first-order valence-electron chi connectivity index (χ1n) is 8.87. The van der Waals surface area contributed by atoms with E-state index in [0.717, 1.165) is 23.8 Å². The second kappa shape index (κ2) is 8.03. The molecule has 2 amide bonds. The lowest BCUT2D eigenvalue weighted by Gasteiger charge is -2.25. The number of hydrogen-bond donors (Lipinski definition) is 1. The number of fused-ring (bicyclic) bond motifs is 1. The van der Waals surface area contributed by atoms with Crippen LogP contribution in [-0.2, 0) is 24.2 Å². The van der Waals surface area contributed by atoms with Gasteiger partial charge in [-0.25, -0.2) is 9.59 Å². The number of nitrogens with one attached hydrogen (secondary N) is 1. The summed E-state index contributed by atoms with van der Waals surface area (Å²) < 4.78 is 6.20. The average molecular weight is 357 g/mol. The second-order valence-corrected chi connectivity index (χ2v) is 6.44. The van der Waals surface area contributed by atoms with Gasteiger partial charge in [0.15, 0.2) is 0 Å². The number of amides is 2. The lowest BCUT2D eigenvalue weighted by atomic mass is 10.1. The van der Waals surface area contributed by atoms with Crippen LogP contribution in [0.2, 0.25) is 0 Å². The van der Waals surface area contributed by atoms with E-state index >= 15 is 0 Å². The number of rotatable bonds is 5. The number of carbonyl (C=O) groups is 2. The maximum absolute atomic E-state index is 12.4. The predicted octanol–water partition coefficient (Wildman–Crippen LogP) is 1.93. The molecule has 0 radical (unpaired) electrons. The third kappa shape index (κ3) is 4.04. The standard InChI is InChI=1S/C19H23N3O4/c1-14(23)21-12-10-17-16(13-21)22(19(25)26-17)18(24)20-11-6-5-9-15-7-3-2-4-8-15/h2-4,7-8H,5-6,9-13H2,1H3,(H,20,24). The highest BCUT2D eigenvalue weighted by Crippen LogP contribution is 2.18. The Morgan fingerprint density at radius 2 is 1.96 bits per heavy atom. The Bertz CT molecular complexity index is 838. The van der Waals surface area contributed by atoms with Crippen molar-refractivity contribution in [2.24, 2.45) is 0 Å². The van der Waals surface area contributed by atoms with Crippen LogP contribution in [0.4, 0.5) is 4.79 Å². The highest BCUT2D eigenvalue weighted by Gasteiger charge is 2.28. The number of unbranched alkanes of at least 4 members (excludes halogenated alkanes) is 1. The topological polar surface area (TPSA) is 84.6 Å². The summed E-state index contributed by atoms with van der Waals surface area (Å²) in [7, 11) is 0. The van der Waals surface area contributed by atoms with Gasteiger partial charge in [0, 0.05) is 26.4 Å². The SMILES string of the molecule is CC(=O)N1CCc2oc(=O)n(C(=O)NCCCCc3ccccc3)c2C1. The van der Waals surface area contributed by atoms with Gasteiger partial charge < -0.3 is 14.6 Å². The molecule has 138 valence electrons. The molecular weight excluding hydrogens is 334 g/mol. The maximum atomic E-state index is 12.4. The third-order valence-electron chi connectivity index (χ3n) is 4.59. The molecule has 0 atom stereocenters. The Labute approximate surface area is 151 Å². The number of oxazole rings is 1. The quantitative estimate of drug-likeness (QED) is 0.829. The average Bonchev–Trinajstić information content (AvgIpc) is 2.97. The van der Waals surface area contributed by atoms with Gasteiger partial charge in [0.1, 0.15) is 5.76 Å². The van der Waals surface area contributed by atoms with Gasteiger partial charge in [-0.3, -0.25) is 4.79 Å². The van der Waals surface area contributed by atoms with Gasteiger partial charge >= 0.3 is 11.8 Å². The Hall–Kier alpha value is -2.83. The lowest BCUT2D eigenvalue weighted by Crippen LogP contribution is -2.40. The molecule has 0 fully saturated rings. The number of aryl methyl sites for hydroxylation is 1. The van der Waals surface area contributed by atoms with Crippen molar-refractivity contribution in [3.05, 3.63) is 57.9 Å². The molecular formula is C19H23N3O4. The van der Waals surface area contributed by atoms with Gasteiger partial charge in [-0.2, -0.15) is 4.57 Å². The van der Waals surface area contributed by atoms with Crippen LogP contribution in [0.5, 0.6) is 0 Å². The van der Waals surface area contributed by atoms with Crippen molar-refractivity contribution in [1.29, 1.82) is 0 Å². The van der Waals surface area contributed by atoms with Crippen LogP contribution in [-0.4, -0.2) is 34.5 Å². The number of carbonyl (C=O) groups excluding carboxylic acids is 2. The largest absolute Gasteiger partial charge is 0.427 e. The summed E-state index contributed by atoms with van der Waals surface area (Å²) in [6.45, 7) is 2.67. The van der Waals surface area contributed by atoms with E-state index in [1.807, 2.05) is 18.2 Å². The fourth-order valence-corrected chi connectivity index (χ4v) is 3.14. The van der Waals surface area contributed by atoms with Crippen molar-refractivity contribution in [2.75, 3.05) is 13.1 Å². The van der Waals surface area contributed by atoms with Gasteiger partial charge in [0.05, 0.1) is 12.2 Å². The van der Waals surface area contributed by atoms with Crippen LogP contribution in [0.15, 0.2) is 39.5 Å². The van der Waals surface area contributed by atoms with Gasteiger partial charge in [0.2, 0.25) is 5.91 Å². The molecule has 0 unspecified atom stereocenters. The maximum Gasteiger partial charge on any atom is 0.427 e. The molecule has 3 rings (SSSR count). The number of aromatic nitrogens is 1. The van der Waals surface area contributed by atoms with E-state index in [0.29, 0.717) is 31.0 Å². The van der Waals surface area contributed by atoms with E-state index in [1.165, 1.54) is 12.5 Å². The first-order valence-corrected chi connectivity index (χ1v) is 8.87. The van der Waals surface area contributed by atoms with Crippen LogP contribution in [0.3, 0.4) is 0 Å². The third-order valence-corrected chi connectivity index (χ3v) is 4.59. The van der Waals surface area contributed by atoms with Crippen molar-refractivity contribution < 1.29 is 14.0 Å². The molecule has 0 bridgehead atoms. The fraction of sp³-hybridized carbons (Fsp3) is 0.421. The molecule has 2 aromatic rings. The molecule has 0 saturated heterocycles. The van der Waals surface area contributed by atoms with Crippen molar-refractivity contribution in [3.8, 4) is 0 Å². The second-order valence-electron chi connectivity index (χ2n) is 6.44. The van der Waals surface area contributed by atoms with Crippen molar-refractivity contribution in [3.63, 3.8) is 0 Å². The molecule has 0 aliphatic carbocycles. The lowest BCUT2D eigenvalue weighted by molar-refractivity contribution is -0.129. The zero-order valence-corrected chi connectivity index (χ0v) is 14.9. The normalized spacial score (nSPS) is 13.3. The Morgan fingerprint density at radius 1 is 1.19 bits per heavy atom. The zero-order chi connectivity index (χ0) is 18.5. The molecule has 0 spiro atoms. The van der Waals surface area contributed by atoms with Gasteiger partial charge in [-0.05, 0) is 24.8 Å². The zero-order valence-electron chi connectivity index (χ0n) is 14.9. The van der Waals surface area contributed by atoms with Crippen molar-refractivity contribution in [1.82, 2.24) is 14.8 Å². The number of nitrogens with zero attached hydrogens (tertiary/aromatic N) is 2. The van der Waals surface area contributed by atoms with Gasteiger partial charge in [-0.15, -0.1) is 0 Å². The molecule has 1 aromatic carbocycles. The Morgan fingerprint density at radius 3 is 2.69 bits per heavy atom. The molecule has 1 N–H and O–H groups in total. The molecule has 26 heavy (non-hydrogen) atoms. The highest BCUT2D eigenvalue weighted by molar-refractivity contribution is 5.78. The van der Waals surface area contributed by atoms with Crippen LogP contribution < -0.4 is 11.1 Å². The Kier molecular flexibility index (Phi) is 5.55. The number of hydrogen-bond acceptors (Lipinski definition) is 4. The highest BCUT2D eigenvalue weighted by atomic mass is 16.4. The summed E-state index contributed by atoms with van der Waals surface area (Å²) in [5, 5.41) is 2.77. The molecule has 1 aliphatic rings. The van der Waals surface area contributed by atoms with E-state index < -0.39 is 11.8 Å². The van der Waals surface area contributed by atoms with E-state index in [-0.39, 0.29) is 12.5 Å². The summed E-state index contributed by atoms with van der Waals surface area (Å²) in [5.74, 6) is -0.286. The molecule has 7 heteroatoms. The van der Waals surface area contributed by atoms with Gasteiger partial charge in [0.25, 0.3) is 0 Å². The minimum absolute atomic E-state index is 0.0860. The summed E-state index contributed by atoms with van der Waals surface area (Å²) >= 11 is 0. The van der Waals surface area contributed by atoms with Crippen LogP contribution in [0, 0.1) is 0 Å². The van der Waals surface area contributed by atoms with E-state index in [9.17, 15) is 14.4 Å². The van der Waals surface area contributed by atoms with E-state index in [4.69, 9.17) is 4.42 Å². The fourth-order valence-electron chi connectivity index (χ4n) is 3.14. The summed E-state index contributed by atoms with van der Waals surface area (Å²) in [5.41, 5.74) is 1.74. The molecule has 0 saturated carbocycles. The monoisotopic (exact) mass is 357 g/mol.